The minimum atomic E-state index is 0.148. The summed E-state index contributed by atoms with van der Waals surface area (Å²) in [5.74, 6) is 1.92. The molecule has 0 amide bonds. The van der Waals surface area contributed by atoms with Crippen molar-refractivity contribution in [3.8, 4) is 17.3 Å². The second-order valence-corrected chi connectivity index (χ2v) is 6.84. The number of aromatic nitrogens is 4. The van der Waals surface area contributed by atoms with Crippen LogP contribution in [-0.2, 0) is 0 Å². The number of benzene rings is 2. The van der Waals surface area contributed by atoms with E-state index in [1.54, 1.807) is 6.26 Å². The minimum Gasteiger partial charge on any atom is -0.461 e. The summed E-state index contributed by atoms with van der Waals surface area (Å²) in [6.07, 6.45) is 1.64. The van der Waals surface area contributed by atoms with Gasteiger partial charge in [-0.1, -0.05) is 0 Å². The van der Waals surface area contributed by atoms with Gasteiger partial charge < -0.3 is 15.9 Å². The maximum atomic E-state index is 5.99. The maximum absolute atomic E-state index is 5.99. The molecule has 0 unspecified atom stereocenters. The predicted octanol–water partition coefficient (Wildman–Crippen LogP) is 4.01. The van der Waals surface area contributed by atoms with Crippen LogP contribution in [-0.4, -0.2) is 19.5 Å². The second-order valence-electron chi connectivity index (χ2n) is 6.84. The summed E-state index contributed by atoms with van der Waals surface area (Å²) >= 11 is 0. The van der Waals surface area contributed by atoms with Gasteiger partial charge in [-0.3, -0.25) is 4.57 Å². The van der Waals surface area contributed by atoms with E-state index in [1.165, 1.54) is 11.1 Å². The molecule has 5 aromatic rings. The van der Waals surface area contributed by atoms with Crippen molar-refractivity contribution in [1.82, 2.24) is 19.5 Å². The number of nitrogen functional groups attached to an aromatic ring is 2. The zero-order chi connectivity index (χ0) is 19.4. The van der Waals surface area contributed by atoms with Gasteiger partial charge in [-0.15, -0.1) is 0 Å². The molecule has 4 N–H and O–H groups in total. The second kappa shape index (κ2) is 5.82. The topological polar surface area (TPSA) is 109 Å². The lowest BCUT2D eigenvalue weighted by Crippen LogP contribution is -2.02. The van der Waals surface area contributed by atoms with Crippen LogP contribution in [0, 0.1) is 13.8 Å². The number of rotatable bonds is 2. The van der Waals surface area contributed by atoms with Gasteiger partial charge in [-0.2, -0.15) is 4.98 Å². The van der Waals surface area contributed by atoms with Crippen molar-refractivity contribution in [2.24, 2.45) is 0 Å². The third-order valence-electron chi connectivity index (χ3n) is 5.00. The molecule has 28 heavy (non-hydrogen) atoms. The van der Waals surface area contributed by atoms with Crippen LogP contribution >= 0.6 is 0 Å². The fourth-order valence-corrected chi connectivity index (χ4v) is 3.47. The van der Waals surface area contributed by atoms with Crippen LogP contribution in [0.15, 0.2) is 53.1 Å². The summed E-state index contributed by atoms with van der Waals surface area (Å²) in [6, 6.07) is 13.8. The quantitative estimate of drug-likeness (QED) is 0.486. The van der Waals surface area contributed by atoms with E-state index in [0.29, 0.717) is 17.1 Å². The number of hydrogen-bond donors (Lipinski definition) is 2. The lowest BCUT2D eigenvalue weighted by Gasteiger charge is -2.11. The van der Waals surface area contributed by atoms with Gasteiger partial charge in [0.2, 0.25) is 5.95 Å². The van der Waals surface area contributed by atoms with E-state index in [4.69, 9.17) is 20.9 Å². The van der Waals surface area contributed by atoms with Gasteiger partial charge in [0.05, 0.1) is 28.5 Å². The van der Waals surface area contributed by atoms with E-state index in [0.717, 1.165) is 27.9 Å². The molecule has 0 saturated carbocycles. The van der Waals surface area contributed by atoms with E-state index in [-0.39, 0.29) is 5.95 Å². The molecule has 0 spiro atoms. The molecule has 7 heteroatoms. The van der Waals surface area contributed by atoms with Gasteiger partial charge in [-0.05, 0) is 67.4 Å². The summed E-state index contributed by atoms with van der Waals surface area (Å²) in [4.78, 5) is 13.2. The number of imidazole rings is 1. The first-order valence-electron chi connectivity index (χ1n) is 8.88. The van der Waals surface area contributed by atoms with Crippen molar-refractivity contribution in [3.05, 3.63) is 59.9 Å². The Morgan fingerprint density at radius 2 is 1.71 bits per heavy atom. The highest BCUT2D eigenvalue weighted by atomic mass is 16.3. The standard InChI is InChI=1S/C21H18N6O/c1-11-8-16-17(9-12(11)2)27(20(24-16)18-4-3-7-28-18)13-5-6-14-15(10-13)25-21(23)26-19(14)22/h3-10H,1-2H3,(H4,22,23,25,26). The summed E-state index contributed by atoms with van der Waals surface area (Å²) in [6.45, 7) is 4.17. The molecule has 3 aromatic heterocycles. The van der Waals surface area contributed by atoms with Crippen LogP contribution < -0.4 is 11.5 Å². The maximum Gasteiger partial charge on any atom is 0.222 e. The Morgan fingerprint density at radius 1 is 0.893 bits per heavy atom. The molecular formula is C21H18N6O. The molecule has 0 aliphatic carbocycles. The van der Waals surface area contributed by atoms with E-state index in [9.17, 15) is 0 Å². The van der Waals surface area contributed by atoms with E-state index < -0.39 is 0 Å². The molecule has 0 saturated heterocycles. The lowest BCUT2D eigenvalue weighted by atomic mass is 10.1. The van der Waals surface area contributed by atoms with Crippen molar-refractivity contribution < 1.29 is 4.42 Å². The van der Waals surface area contributed by atoms with Crippen LogP contribution in [0.5, 0.6) is 0 Å². The molecule has 0 radical (unpaired) electrons. The van der Waals surface area contributed by atoms with Gasteiger partial charge in [0.15, 0.2) is 11.6 Å². The molecule has 5 rings (SSSR count). The molecule has 138 valence electrons. The number of anilines is 2. The Labute approximate surface area is 160 Å². The van der Waals surface area contributed by atoms with Gasteiger partial charge in [-0.25, -0.2) is 9.97 Å². The molecule has 7 nitrogen and oxygen atoms in total. The summed E-state index contributed by atoms with van der Waals surface area (Å²) < 4.78 is 7.71. The fourth-order valence-electron chi connectivity index (χ4n) is 3.47. The van der Waals surface area contributed by atoms with E-state index in [1.807, 2.05) is 30.3 Å². The van der Waals surface area contributed by atoms with Crippen LogP contribution in [0.2, 0.25) is 0 Å². The molecule has 0 bridgehead atoms. The van der Waals surface area contributed by atoms with Crippen LogP contribution in [0.25, 0.3) is 39.2 Å². The molecule has 0 fully saturated rings. The molecule has 0 aliphatic heterocycles. The van der Waals surface area contributed by atoms with Gasteiger partial charge in [0, 0.05) is 5.39 Å². The Morgan fingerprint density at radius 3 is 2.50 bits per heavy atom. The van der Waals surface area contributed by atoms with E-state index >= 15 is 0 Å². The normalized spacial score (nSPS) is 11.5. The van der Waals surface area contributed by atoms with Gasteiger partial charge in [0.25, 0.3) is 0 Å². The number of aryl methyl sites for hydroxylation is 2. The van der Waals surface area contributed by atoms with E-state index in [2.05, 4.69) is 40.5 Å². The van der Waals surface area contributed by atoms with Crippen molar-refractivity contribution >= 4 is 33.7 Å². The lowest BCUT2D eigenvalue weighted by molar-refractivity contribution is 0.576. The smallest absolute Gasteiger partial charge is 0.222 e. The average molecular weight is 370 g/mol. The van der Waals surface area contributed by atoms with Crippen molar-refractivity contribution in [2.45, 2.75) is 13.8 Å². The zero-order valence-corrected chi connectivity index (χ0v) is 15.5. The highest BCUT2D eigenvalue weighted by molar-refractivity contribution is 5.91. The Hall–Kier alpha value is -3.87. The largest absolute Gasteiger partial charge is 0.461 e. The van der Waals surface area contributed by atoms with Crippen molar-refractivity contribution in [1.29, 1.82) is 0 Å². The van der Waals surface area contributed by atoms with Gasteiger partial charge >= 0.3 is 0 Å². The average Bonchev–Trinajstić information content (AvgIpc) is 3.29. The molecule has 2 aromatic carbocycles. The third kappa shape index (κ3) is 2.40. The number of fused-ring (bicyclic) bond motifs is 2. The Kier molecular flexibility index (Phi) is 3.39. The Bertz CT molecular complexity index is 1350. The van der Waals surface area contributed by atoms with Crippen LogP contribution in [0.1, 0.15) is 11.1 Å². The van der Waals surface area contributed by atoms with Gasteiger partial charge in [0.1, 0.15) is 5.82 Å². The first-order valence-corrected chi connectivity index (χ1v) is 8.88. The first kappa shape index (κ1) is 16.3. The summed E-state index contributed by atoms with van der Waals surface area (Å²) in [7, 11) is 0. The SMILES string of the molecule is Cc1cc2nc(-c3ccco3)n(-c3ccc4c(N)nc(N)nc4c3)c2cc1C. The monoisotopic (exact) mass is 370 g/mol. The third-order valence-corrected chi connectivity index (χ3v) is 5.00. The predicted molar refractivity (Wildman–Crippen MR) is 110 cm³/mol. The summed E-state index contributed by atoms with van der Waals surface area (Å²) in [5, 5.41) is 0.758. The summed E-state index contributed by atoms with van der Waals surface area (Å²) in [5.41, 5.74) is 17.6. The highest BCUT2D eigenvalue weighted by Gasteiger charge is 2.18. The molecule has 3 heterocycles. The molecular weight excluding hydrogens is 352 g/mol. The van der Waals surface area contributed by atoms with Crippen LogP contribution in [0.4, 0.5) is 11.8 Å². The number of nitrogens with zero attached hydrogens (tertiary/aromatic N) is 4. The van der Waals surface area contributed by atoms with Crippen molar-refractivity contribution in [2.75, 3.05) is 11.5 Å². The first-order chi connectivity index (χ1) is 13.5. The molecule has 0 atom stereocenters. The number of nitrogens with two attached hydrogens (primary N) is 2. The number of furan rings is 1. The fraction of sp³-hybridized carbons (Fsp3) is 0.0952. The molecule has 0 aliphatic rings. The van der Waals surface area contributed by atoms with Crippen LogP contribution in [0.3, 0.4) is 0 Å². The minimum absolute atomic E-state index is 0.148. The zero-order valence-electron chi connectivity index (χ0n) is 15.5. The highest BCUT2D eigenvalue weighted by Crippen LogP contribution is 2.32. The Balaban J connectivity index is 1.86. The number of hydrogen-bond acceptors (Lipinski definition) is 6. The van der Waals surface area contributed by atoms with Crippen molar-refractivity contribution in [3.63, 3.8) is 0 Å².